The number of allylic oxidation sites excluding steroid dienone is 1. The van der Waals surface area contributed by atoms with Gasteiger partial charge < -0.3 is 10.6 Å². The summed E-state index contributed by atoms with van der Waals surface area (Å²) in [6, 6.07) is 6.57. The molecule has 0 aromatic heterocycles. The molecule has 1 aliphatic heterocycles. The van der Waals surface area contributed by atoms with E-state index in [0.717, 1.165) is 12.8 Å². The second kappa shape index (κ2) is 4.42. The molecule has 0 saturated carbocycles. The van der Waals surface area contributed by atoms with Gasteiger partial charge in [-0.2, -0.15) is 0 Å². The third kappa shape index (κ3) is 2.11. The van der Waals surface area contributed by atoms with Crippen molar-refractivity contribution in [2.45, 2.75) is 19.0 Å². The van der Waals surface area contributed by atoms with Crippen molar-refractivity contribution < 1.29 is 0 Å². The van der Waals surface area contributed by atoms with E-state index < -0.39 is 0 Å². The van der Waals surface area contributed by atoms with Gasteiger partial charge in [-0.3, -0.25) is 0 Å². The second-order valence-electron chi connectivity index (χ2n) is 4.54. The molecule has 1 aromatic carbocycles. The largest absolute Gasteiger partial charge is 0.366 e. The zero-order chi connectivity index (χ0) is 11.8. The molecule has 2 N–H and O–H groups in total. The lowest BCUT2D eigenvalue weighted by Gasteiger charge is -2.13. The Bertz CT molecular complexity index is 498. The van der Waals surface area contributed by atoms with Crippen LogP contribution in [-0.2, 0) is 12.8 Å². The van der Waals surface area contributed by atoms with Crippen LogP contribution in [0.3, 0.4) is 0 Å². The fourth-order valence-corrected chi connectivity index (χ4v) is 3.11. The van der Waals surface area contributed by atoms with E-state index in [-0.39, 0.29) is 6.17 Å². The van der Waals surface area contributed by atoms with Crippen LogP contribution < -0.4 is 10.6 Å². The minimum atomic E-state index is 0.121. The van der Waals surface area contributed by atoms with E-state index in [1.807, 2.05) is 0 Å². The Labute approximate surface area is 115 Å². The van der Waals surface area contributed by atoms with Crippen LogP contribution in [0.4, 0.5) is 0 Å². The first-order valence-corrected chi connectivity index (χ1v) is 6.98. The van der Waals surface area contributed by atoms with Crippen LogP contribution in [0, 0.1) is 5.92 Å². The summed E-state index contributed by atoms with van der Waals surface area (Å²) >= 11 is 8.46. The van der Waals surface area contributed by atoms with Crippen LogP contribution in [0.15, 0.2) is 34.6 Å². The molecule has 88 valence electrons. The van der Waals surface area contributed by atoms with Crippen molar-refractivity contribution in [1.82, 2.24) is 10.6 Å². The lowest BCUT2D eigenvalue weighted by Crippen LogP contribution is -2.34. The summed E-state index contributed by atoms with van der Waals surface area (Å²) in [6.45, 7) is 0. The molecule has 17 heavy (non-hydrogen) atoms. The van der Waals surface area contributed by atoms with E-state index in [1.54, 1.807) is 5.37 Å². The van der Waals surface area contributed by atoms with Gasteiger partial charge in [-0.05, 0) is 36.1 Å². The minimum absolute atomic E-state index is 0.121. The van der Waals surface area contributed by atoms with Gasteiger partial charge in [-0.25, -0.2) is 0 Å². The number of halogens is 1. The summed E-state index contributed by atoms with van der Waals surface area (Å²) in [5.41, 5.74) is 4.20. The van der Waals surface area contributed by atoms with Crippen molar-refractivity contribution in [1.29, 1.82) is 0 Å². The average molecular weight is 309 g/mol. The molecule has 0 radical (unpaired) electrons. The van der Waals surface area contributed by atoms with Gasteiger partial charge in [0.05, 0.1) is 0 Å². The van der Waals surface area contributed by atoms with Crippen molar-refractivity contribution in [3.8, 4) is 0 Å². The number of rotatable bonds is 2. The molecule has 0 spiro atoms. The van der Waals surface area contributed by atoms with E-state index in [1.165, 1.54) is 21.3 Å². The topological polar surface area (TPSA) is 24.1 Å². The second-order valence-corrected chi connectivity index (χ2v) is 5.73. The van der Waals surface area contributed by atoms with Gasteiger partial charge in [-0.15, -0.1) is 0 Å². The molecule has 1 aliphatic carbocycles. The number of hydrogen-bond acceptors (Lipinski definition) is 3. The summed E-state index contributed by atoms with van der Waals surface area (Å²) in [5.74, 6) is 0.562. The normalized spacial score (nSPS) is 25.8. The Morgan fingerprint density at radius 1 is 1.29 bits per heavy atom. The van der Waals surface area contributed by atoms with Crippen LogP contribution in [-0.4, -0.2) is 11.5 Å². The Balaban J connectivity index is 1.76. The molecule has 1 aromatic rings. The van der Waals surface area contributed by atoms with Crippen molar-refractivity contribution in [2.75, 3.05) is 0 Å². The van der Waals surface area contributed by atoms with Crippen molar-refractivity contribution in [3.63, 3.8) is 0 Å². The monoisotopic (exact) mass is 308 g/mol. The summed E-state index contributed by atoms with van der Waals surface area (Å²) in [5, 5.41) is 8.36. The molecule has 4 heteroatoms. The Morgan fingerprint density at radius 2 is 2.12 bits per heavy atom. The smallest absolute Gasteiger partial charge is 0.126 e. The Morgan fingerprint density at radius 3 is 2.88 bits per heavy atom. The van der Waals surface area contributed by atoms with Gasteiger partial charge in [0.2, 0.25) is 0 Å². The highest BCUT2D eigenvalue weighted by Gasteiger charge is 2.27. The molecule has 1 heterocycles. The molecule has 3 rings (SSSR count). The fraction of sp³-hybridized carbons (Fsp3) is 0.308. The van der Waals surface area contributed by atoms with Gasteiger partial charge in [-0.1, -0.05) is 34.2 Å². The SMILES string of the molecule is S=CC1NC=C(C2Cc3ccc(Br)cc3C2)N1. The van der Waals surface area contributed by atoms with E-state index >= 15 is 0 Å². The van der Waals surface area contributed by atoms with Crippen molar-refractivity contribution in [3.05, 3.63) is 45.7 Å². The third-order valence-corrected chi connectivity index (χ3v) is 4.18. The van der Waals surface area contributed by atoms with Crippen LogP contribution in [0.25, 0.3) is 0 Å². The maximum Gasteiger partial charge on any atom is 0.126 e. The van der Waals surface area contributed by atoms with Crippen molar-refractivity contribution in [2.24, 2.45) is 5.92 Å². The minimum Gasteiger partial charge on any atom is -0.366 e. The van der Waals surface area contributed by atoms with E-state index in [4.69, 9.17) is 12.2 Å². The van der Waals surface area contributed by atoms with E-state index in [9.17, 15) is 0 Å². The molecule has 0 bridgehead atoms. The number of thiocarbonyl (C=S) groups is 1. The molecule has 0 fully saturated rings. The number of fused-ring (bicyclic) bond motifs is 1. The summed E-state index contributed by atoms with van der Waals surface area (Å²) in [6.07, 6.45) is 4.42. The highest BCUT2D eigenvalue weighted by atomic mass is 79.9. The average Bonchev–Trinajstić information content (AvgIpc) is 2.93. The Kier molecular flexibility index (Phi) is 2.92. The van der Waals surface area contributed by atoms with Gasteiger partial charge in [0, 0.05) is 27.7 Å². The summed E-state index contributed by atoms with van der Waals surface area (Å²) in [4.78, 5) is 0. The fourth-order valence-electron chi connectivity index (χ4n) is 2.56. The lowest BCUT2D eigenvalue weighted by molar-refractivity contribution is 0.592. The number of hydrogen-bond donors (Lipinski definition) is 2. The number of nitrogens with one attached hydrogen (secondary N) is 2. The highest BCUT2D eigenvalue weighted by Crippen LogP contribution is 2.32. The first-order chi connectivity index (χ1) is 8.26. The molecule has 0 amide bonds. The Hall–Kier alpha value is -0.870. The van der Waals surface area contributed by atoms with Gasteiger partial charge in [0.1, 0.15) is 6.17 Å². The molecular weight excluding hydrogens is 296 g/mol. The van der Waals surface area contributed by atoms with Crippen LogP contribution in [0.5, 0.6) is 0 Å². The molecule has 0 saturated heterocycles. The first kappa shape index (κ1) is 11.2. The van der Waals surface area contributed by atoms with Crippen LogP contribution >= 0.6 is 28.1 Å². The quantitative estimate of drug-likeness (QED) is 0.821. The first-order valence-electron chi connectivity index (χ1n) is 5.71. The zero-order valence-electron chi connectivity index (χ0n) is 9.24. The molecule has 2 unspecified atom stereocenters. The van der Waals surface area contributed by atoms with Gasteiger partial charge >= 0.3 is 0 Å². The maximum absolute atomic E-state index is 4.94. The molecule has 2 nitrogen and oxygen atoms in total. The third-order valence-electron chi connectivity index (χ3n) is 3.42. The summed E-state index contributed by atoms with van der Waals surface area (Å²) in [7, 11) is 0. The molecule has 2 aliphatic rings. The van der Waals surface area contributed by atoms with Crippen LogP contribution in [0.2, 0.25) is 0 Å². The van der Waals surface area contributed by atoms with Gasteiger partial charge in [0.25, 0.3) is 0 Å². The zero-order valence-corrected chi connectivity index (χ0v) is 11.6. The highest BCUT2D eigenvalue weighted by molar-refractivity contribution is 9.10. The summed E-state index contributed by atoms with van der Waals surface area (Å²) < 4.78 is 1.17. The van der Waals surface area contributed by atoms with E-state index in [0.29, 0.717) is 5.92 Å². The molecular formula is C13H13BrN2S. The predicted molar refractivity (Wildman–Crippen MR) is 76.8 cm³/mol. The lowest BCUT2D eigenvalue weighted by atomic mass is 10.0. The van der Waals surface area contributed by atoms with E-state index in [2.05, 4.69) is 51.0 Å². The maximum atomic E-state index is 4.94. The number of benzene rings is 1. The van der Waals surface area contributed by atoms with Crippen LogP contribution in [0.1, 0.15) is 11.1 Å². The van der Waals surface area contributed by atoms with Crippen molar-refractivity contribution >= 4 is 33.5 Å². The predicted octanol–water partition coefficient (Wildman–Crippen LogP) is 2.52. The van der Waals surface area contributed by atoms with Gasteiger partial charge in [0.15, 0.2) is 0 Å². The molecule has 2 atom stereocenters. The standard InChI is InChI=1S/C13H13BrN2S/c14-11-2-1-8-3-10(4-9(8)5-11)12-6-15-13(7-17)16-12/h1-2,5-7,10,13,15-16H,3-4H2.